The van der Waals surface area contributed by atoms with Gasteiger partial charge in [-0.1, -0.05) is 29.8 Å². The Hall–Kier alpha value is -3.62. The van der Waals surface area contributed by atoms with Gasteiger partial charge in [0.2, 0.25) is 5.91 Å². The van der Waals surface area contributed by atoms with Crippen molar-refractivity contribution in [3.8, 4) is 22.5 Å². The smallest absolute Gasteiger partial charge is 0.263 e. The zero-order chi connectivity index (χ0) is 26.0. The molecule has 0 bridgehead atoms. The summed E-state index contributed by atoms with van der Waals surface area (Å²) in [5.41, 5.74) is 2.35. The summed E-state index contributed by atoms with van der Waals surface area (Å²) in [7, 11) is 3.73. The number of hydrogen-bond acceptors (Lipinski definition) is 5. The van der Waals surface area contributed by atoms with Crippen LogP contribution in [-0.4, -0.2) is 45.5 Å². The van der Waals surface area contributed by atoms with Crippen molar-refractivity contribution in [1.82, 2.24) is 24.8 Å². The summed E-state index contributed by atoms with van der Waals surface area (Å²) < 4.78 is 15.6. The minimum Gasteiger partial charge on any atom is -0.352 e. The Kier molecular flexibility index (Phi) is 7.47. The highest BCUT2D eigenvalue weighted by Gasteiger charge is 2.18. The number of hydrogen-bond donors (Lipinski definition) is 1. The van der Waals surface area contributed by atoms with Gasteiger partial charge >= 0.3 is 0 Å². The molecular weight excluding hydrogens is 481 g/mol. The maximum absolute atomic E-state index is 14.3. The van der Waals surface area contributed by atoms with Crippen LogP contribution in [0.2, 0.25) is 5.02 Å². The first-order valence-corrected chi connectivity index (χ1v) is 11.9. The van der Waals surface area contributed by atoms with E-state index in [-0.39, 0.29) is 35.3 Å². The van der Waals surface area contributed by atoms with Crippen molar-refractivity contribution in [2.75, 3.05) is 14.1 Å². The van der Waals surface area contributed by atoms with Gasteiger partial charge < -0.3 is 10.2 Å². The molecule has 0 aliphatic heterocycles. The van der Waals surface area contributed by atoms with E-state index in [0.29, 0.717) is 34.1 Å². The van der Waals surface area contributed by atoms with E-state index in [1.807, 2.05) is 32.8 Å². The standard InChI is InChI=1S/C27H27ClFN5O2/c1-16(2)31-24(35)15-34-26(18-6-5-7-21(28)11-18)32-25-22(27(34)36)12-19(13-30-25)17-8-9-23(29)20(10-17)14-33(3)4/h5-13,16H,14-15H2,1-4H3,(H,31,35). The van der Waals surface area contributed by atoms with Gasteiger partial charge in [0.05, 0.1) is 5.39 Å². The van der Waals surface area contributed by atoms with Crippen LogP contribution in [0.5, 0.6) is 0 Å². The molecule has 4 rings (SSSR count). The van der Waals surface area contributed by atoms with E-state index in [0.717, 1.165) is 5.56 Å². The summed E-state index contributed by atoms with van der Waals surface area (Å²) in [6.45, 7) is 3.92. The zero-order valence-corrected chi connectivity index (χ0v) is 21.3. The van der Waals surface area contributed by atoms with Crippen LogP contribution in [0.3, 0.4) is 0 Å². The maximum Gasteiger partial charge on any atom is 0.263 e. The molecule has 0 aliphatic rings. The van der Waals surface area contributed by atoms with Crippen molar-refractivity contribution in [1.29, 1.82) is 0 Å². The van der Waals surface area contributed by atoms with Gasteiger partial charge in [0.1, 0.15) is 18.2 Å². The minimum atomic E-state index is -0.404. The number of carbonyl (C=O) groups is 1. The number of carbonyl (C=O) groups excluding carboxylic acids is 1. The second-order valence-corrected chi connectivity index (χ2v) is 9.63. The lowest BCUT2D eigenvalue weighted by atomic mass is 10.0. The Balaban J connectivity index is 1.88. The number of pyridine rings is 1. The van der Waals surface area contributed by atoms with Crippen LogP contribution in [0.15, 0.2) is 59.5 Å². The van der Waals surface area contributed by atoms with Gasteiger partial charge in [-0.2, -0.15) is 0 Å². The van der Waals surface area contributed by atoms with Crippen LogP contribution in [0, 0.1) is 5.82 Å². The lowest BCUT2D eigenvalue weighted by Crippen LogP contribution is -2.37. The fraction of sp³-hybridized carbons (Fsp3) is 0.259. The first-order valence-electron chi connectivity index (χ1n) is 11.5. The van der Waals surface area contributed by atoms with E-state index in [4.69, 9.17) is 11.6 Å². The number of halogens is 2. The van der Waals surface area contributed by atoms with Crippen molar-refractivity contribution in [3.05, 3.63) is 81.5 Å². The molecule has 0 atom stereocenters. The molecule has 2 aromatic carbocycles. The predicted octanol–water partition coefficient (Wildman–Crippen LogP) is 4.50. The molecule has 0 spiro atoms. The lowest BCUT2D eigenvalue weighted by Gasteiger charge is -2.15. The first kappa shape index (κ1) is 25.5. The quantitative estimate of drug-likeness (QED) is 0.398. The average Bonchev–Trinajstić information content (AvgIpc) is 2.81. The van der Waals surface area contributed by atoms with Crippen molar-refractivity contribution in [2.24, 2.45) is 0 Å². The number of benzene rings is 2. The molecule has 9 heteroatoms. The molecule has 4 aromatic rings. The van der Waals surface area contributed by atoms with Gasteiger partial charge in [-0.15, -0.1) is 0 Å². The van der Waals surface area contributed by atoms with Gasteiger partial charge in [-0.3, -0.25) is 14.2 Å². The molecule has 0 aliphatic carbocycles. The van der Waals surface area contributed by atoms with Gasteiger partial charge in [0.15, 0.2) is 5.65 Å². The molecule has 1 N–H and O–H groups in total. The first-order chi connectivity index (χ1) is 17.1. The van der Waals surface area contributed by atoms with E-state index >= 15 is 0 Å². The Morgan fingerprint density at radius 1 is 1.11 bits per heavy atom. The molecular formula is C27H27ClFN5O2. The van der Waals surface area contributed by atoms with Crippen molar-refractivity contribution < 1.29 is 9.18 Å². The molecule has 2 aromatic heterocycles. The second kappa shape index (κ2) is 10.6. The minimum absolute atomic E-state index is 0.0839. The summed E-state index contributed by atoms with van der Waals surface area (Å²) >= 11 is 6.18. The Labute approximate surface area is 213 Å². The van der Waals surface area contributed by atoms with Crippen LogP contribution in [0.25, 0.3) is 33.5 Å². The average molecular weight is 508 g/mol. The third-order valence-corrected chi connectivity index (χ3v) is 5.74. The fourth-order valence-corrected chi connectivity index (χ4v) is 4.18. The zero-order valence-electron chi connectivity index (χ0n) is 20.5. The summed E-state index contributed by atoms with van der Waals surface area (Å²) in [4.78, 5) is 37.3. The summed E-state index contributed by atoms with van der Waals surface area (Å²) in [6.07, 6.45) is 1.61. The van der Waals surface area contributed by atoms with Gasteiger partial charge in [0.25, 0.3) is 5.56 Å². The normalized spacial score (nSPS) is 11.4. The Bertz CT molecular complexity index is 1500. The topological polar surface area (TPSA) is 80.1 Å². The number of fused-ring (bicyclic) bond motifs is 1. The second-order valence-electron chi connectivity index (χ2n) is 9.20. The molecule has 2 heterocycles. The summed E-state index contributed by atoms with van der Waals surface area (Å²) in [6, 6.07) is 13.3. The largest absolute Gasteiger partial charge is 0.352 e. The van der Waals surface area contributed by atoms with E-state index in [9.17, 15) is 14.0 Å². The van der Waals surface area contributed by atoms with Gasteiger partial charge in [0, 0.05) is 40.5 Å². The third-order valence-electron chi connectivity index (χ3n) is 5.51. The molecule has 0 fully saturated rings. The van der Waals surface area contributed by atoms with Crippen molar-refractivity contribution in [2.45, 2.75) is 33.0 Å². The molecule has 0 saturated heterocycles. The van der Waals surface area contributed by atoms with Crippen LogP contribution >= 0.6 is 11.6 Å². The third kappa shape index (κ3) is 5.61. The molecule has 0 unspecified atom stereocenters. The Morgan fingerprint density at radius 2 is 1.89 bits per heavy atom. The molecule has 1 amide bonds. The van der Waals surface area contributed by atoms with Crippen molar-refractivity contribution in [3.63, 3.8) is 0 Å². The predicted molar refractivity (Wildman–Crippen MR) is 140 cm³/mol. The lowest BCUT2D eigenvalue weighted by molar-refractivity contribution is -0.122. The SMILES string of the molecule is CC(C)NC(=O)Cn1c(-c2cccc(Cl)c2)nc2ncc(-c3ccc(F)c(CN(C)C)c3)cc2c1=O. The summed E-state index contributed by atoms with van der Waals surface area (Å²) in [5.74, 6) is -0.315. The van der Waals surface area contributed by atoms with Gasteiger partial charge in [-0.25, -0.2) is 14.4 Å². The van der Waals surface area contributed by atoms with E-state index in [1.54, 1.807) is 48.7 Å². The highest BCUT2D eigenvalue weighted by atomic mass is 35.5. The highest BCUT2D eigenvalue weighted by Crippen LogP contribution is 2.26. The molecule has 0 saturated carbocycles. The molecule has 186 valence electrons. The molecule has 0 radical (unpaired) electrons. The number of amides is 1. The number of nitrogens with one attached hydrogen (secondary N) is 1. The van der Waals surface area contributed by atoms with E-state index < -0.39 is 5.56 Å². The van der Waals surface area contributed by atoms with Crippen LogP contribution in [0.1, 0.15) is 19.4 Å². The number of rotatable bonds is 7. The van der Waals surface area contributed by atoms with Crippen LogP contribution in [0.4, 0.5) is 4.39 Å². The van der Waals surface area contributed by atoms with Crippen LogP contribution in [-0.2, 0) is 17.9 Å². The monoisotopic (exact) mass is 507 g/mol. The molecule has 36 heavy (non-hydrogen) atoms. The van der Waals surface area contributed by atoms with E-state index in [1.165, 1.54) is 10.6 Å². The Morgan fingerprint density at radius 3 is 2.58 bits per heavy atom. The van der Waals surface area contributed by atoms with Gasteiger partial charge in [-0.05, 0) is 63.8 Å². The fourth-order valence-electron chi connectivity index (χ4n) is 3.99. The number of nitrogens with zero attached hydrogens (tertiary/aromatic N) is 4. The summed E-state index contributed by atoms with van der Waals surface area (Å²) in [5, 5.41) is 3.55. The molecule has 7 nitrogen and oxygen atoms in total. The van der Waals surface area contributed by atoms with Crippen LogP contribution < -0.4 is 10.9 Å². The van der Waals surface area contributed by atoms with Crippen molar-refractivity contribution >= 4 is 28.5 Å². The maximum atomic E-state index is 14.3. The highest BCUT2D eigenvalue weighted by molar-refractivity contribution is 6.30. The van der Waals surface area contributed by atoms with E-state index in [2.05, 4.69) is 15.3 Å². The number of aromatic nitrogens is 3.